The third-order valence-electron chi connectivity index (χ3n) is 5.17. The van der Waals surface area contributed by atoms with Gasteiger partial charge in [0, 0.05) is 44.3 Å². The molecule has 6 heteroatoms. The van der Waals surface area contributed by atoms with E-state index in [0.29, 0.717) is 5.92 Å². The molecule has 0 aromatic carbocycles. The number of guanidine groups is 1. The van der Waals surface area contributed by atoms with E-state index in [9.17, 15) is 0 Å². The average Bonchev–Trinajstić information content (AvgIpc) is 3.07. The molecule has 0 spiro atoms. The Kier molecular flexibility index (Phi) is 8.15. The van der Waals surface area contributed by atoms with Crippen LogP contribution in [0.15, 0.2) is 40.8 Å². The fourth-order valence-corrected chi connectivity index (χ4v) is 4.40. The second kappa shape index (κ2) is 11.1. The van der Waals surface area contributed by atoms with Crippen molar-refractivity contribution >= 4 is 23.1 Å². The Labute approximate surface area is 173 Å². The summed E-state index contributed by atoms with van der Waals surface area (Å²) in [6, 6.07) is 8.65. The second-order valence-corrected chi connectivity index (χ2v) is 8.65. The lowest BCUT2D eigenvalue weighted by Crippen LogP contribution is -2.39. The van der Waals surface area contributed by atoms with Gasteiger partial charge in [-0.05, 0) is 48.3 Å². The topological polar surface area (TPSA) is 52.6 Å². The summed E-state index contributed by atoms with van der Waals surface area (Å²) >= 11 is 1.83. The van der Waals surface area contributed by atoms with Gasteiger partial charge in [0.15, 0.2) is 5.96 Å². The summed E-state index contributed by atoms with van der Waals surface area (Å²) in [5.74, 6) is 2.51. The third kappa shape index (κ3) is 6.51. The molecule has 0 radical (unpaired) electrons. The summed E-state index contributed by atoms with van der Waals surface area (Å²) in [4.78, 5) is 12.9. The molecule has 2 aromatic heterocycles. The van der Waals surface area contributed by atoms with Gasteiger partial charge in [0.25, 0.3) is 0 Å². The molecule has 0 amide bonds. The normalized spacial score (nSPS) is 16.5. The fourth-order valence-electron chi connectivity index (χ4n) is 3.53. The number of hydrogen-bond acceptors (Lipinski definition) is 4. The molecule has 0 bridgehead atoms. The summed E-state index contributed by atoms with van der Waals surface area (Å²) in [7, 11) is 1.82. The van der Waals surface area contributed by atoms with E-state index < -0.39 is 0 Å². The van der Waals surface area contributed by atoms with E-state index in [1.807, 2.05) is 24.6 Å². The first-order valence-corrected chi connectivity index (χ1v) is 11.3. The Balaban J connectivity index is 1.42. The van der Waals surface area contributed by atoms with Crippen molar-refractivity contribution in [1.82, 2.24) is 15.6 Å². The molecule has 2 N–H and O–H groups in total. The van der Waals surface area contributed by atoms with E-state index in [0.717, 1.165) is 44.4 Å². The summed E-state index contributed by atoms with van der Waals surface area (Å²) in [6.07, 6.45) is 8.33. The first-order valence-electron chi connectivity index (χ1n) is 10.4. The van der Waals surface area contributed by atoms with Crippen molar-refractivity contribution in [1.29, 1.82) is 0 Å². The molecular weight excluding hydrogens is 366 g/mol. The zero-order valence-corrected chi connectivity index (χ0v) is 18.0. The highest BCUT2D eigenvalue weighted by molar-refractivity contribution is 7.09. The largest absolute Gasteiger partial charge is 0.357 e. The van der Waals surface area contributed by atoms with Gasteiger partial charge in [-0.15, -0.1) is 11.3 Å². The van der Waals surface area contributed by atoms with Crippen LogP contribution in [0.3, 0.4) is 0 Å². The number of rotatable bonds is 7. The Bertz CT molecular complexity index is 703. The number of hydrogen-bond donors (Lipinski definition) is 2. The number of nitrogens with one attached hydrogen (secondary N) is 2. The monoisotopic (exact) mass is 399 g/mol. The zero-order valence-electron chi connectivity index (χ0n) is 17.2. The molecule has 3 rings (SSSR count). The van der Waals surface area contributed by atoms with Crippen molar-refractivity contribution in [2.24, 2.45) is 10.9 Å². The summed E-state index contributed by atoms with van der Waals surface area (Å²) in [5.41, 5.74) is 1.17. The van der Waals surface area contributed by atoms with Crippen LogP contribution in [0.5, 0.6) is 0 Å². The maximum Gasteiger partial charge on any atom is 0.191 e. The van der Waals surface area contributed by atoms with Crippen molar-refractivity contribution < 1.29 is 0 Å². The lowest BCUT2D eigenvalue weighted by molar-refractivity contribution is 0.562. The van der Waals surface area contributed by atoms with Crippen LogP contribution in [0.25, 0.3) is 0 Å². The van der Waals surface area contributed by atoms with Crippen LogP contribution < -0.4 is 15.5 Å². The van der Waals surface area contributed by atoms with Gasteiger partial charge in [0.2, 0.25) is 0 Å². The number of thiophene rings is 1. The van der Waals surface area contributed by atoms with Crippen LogP contribution in [0, 0.1) is 5.92 Å². The summed E-state index contributed by atoms with van der Waals surface area (Å²) in [5, 5.41) is 8.97. The zero-order chi connectivity index (χ0) is 19.6. The van der Waals surface area contributed by atoms with Gasteiger partial charge in [-0.1, -0.05) is 31.9 Å². The Morgan fingerprint density at radius 2 is 2.00 bits per heavy atom. The first-order chi connectivity index (χ1) is 13.7. The average molecular weight is 400 g/mol. The molecule has 28 heavy (non-hydrogen) atoms. The molecule has 1 saturated heterocycles. The van der Waals surface area contributed by atoms with Gasteiger partial charge in [-0.25, -0.2) is 4.98 Å². The SMILES string of the molecule is CN=C(NCc1ccc(N2CCCCCC2)nc1)NCC(C)Cc1cccs1. The minimum atomic E-state index is 0.562. The highest BCUT2D eigenvalue weighted by atomic mass is 32.1. The smallest absolute Gasteiger partial charge is 0.191 e. The lowest BCUT2D eigenvalue weighted by atomic mass is 10.1. The van der Waals surface area contributed by atoms with Gasteiger partial charge < -0.3 is 15.5 Å². The molecule has 1 atom stereocenters. The van der Waals surface area contributed by atoms with Crippen LogP contribution in [0.4, 0.5) is 5.82 Å². The standard InChI is InChI=1S/C22H33N5S/c1-18(14-20-8-7-13-28-20)15-25-22(23-2)26-17-19-9-10-21(24-16-19)27-11-5-3-4-6-12-27/h7-10,13,16,18H,3-6,11-12,14-15,17H2,1-2H3,(H2,23,25,26). The fraction of sp³-hybridized carbons (Fsp3) is 0.545. The number of aliphatic imine (C=N–C) groups is 1. The molecule has 5 nitrogen and oxygen atoms in total. The minimum Gasteiger partial charge on any atom is -0.357 e. The molecular formula is C22H33N5S. The molecule has 1 unspecified atom stereocenters. The lowest BCUT2D eigenvalue weighted by Gasteiger charge is -2.21. The van der Waals surface area contributed by atoms with Crippen LogP contribution >= 0.6 is 11.3 Å². The van der Waals surface area contributed by atoms with E-state index in [1.54, 1.807) is 0 Å². The van der Waals surface area contributed by atoms with Crippen molar-refractivity contribution in [2.45, 2.75) is 45.6 Å². The molecule has 3 heterocycles. The number of pyridine rings is 1. The predicted octanol–water partition coefficient (Wildman–Crippen LogP) is 4.07. The van der Waals surface area contributed by atoms with Gasteiger partial charge in [-0.2, -0.15) is 0 Å². The van der Waals surface area contributed by atoms with Crippen LogP contribution in [-0.4, -0.2) is 37.6 Å². The maximum absolute atomic E-state index is 4.69. The van der Waals surface area contributed by atoms with Gasteiger partial charge in [0.05, 0.1) is 0 Å². The first kappa shape index (κ1) is 20.6. The number of nitrogens with zero attached hydrogens (tertiary/aromatic N) is 3. The van der Waals surface area contributed by atoms with Crippen molar-refractivity contribution in [3.8, 4) is 0 Å². The predicted molar refractivity (Wildman–Crippen MR) is 120 cm³/mol. The van der Waals surface area contributed by atoms with E-state index >= 15 is 0 Å². The van der Waals surface area contributed by atoms with E-state index in [1.165, 1.54) is 36.1 Å². The third-order valence-corrected chi connectivity index (χ3v) is 6.07. The second-order valence-electron chi connectivity index (χ2n) is 7.62. The Morgan fingerprint density at radius 1 is 1.18 bits per heavy atom. The maximum atomic E-state index is 4.69. The quantitative estimate of drug-likeness (QED) is 0.544. The van der Waals surface area contributed by atoms with Crippen LogP contribution in [0.1, 0.15) is 43.0 Å². The van der Waals surface area contributed by atoms with Gasteiger partial charge >= 0.3 is 0 Å². The molecule has 1 fully saturated rings. The molecule has 2 aromatic rings. The van der Waals surface area contributed by atoms with Gasteiger partial charge in [0.1, 0.15) is 5.82 Å². The Morgan fingerprint density at radius 3 is 2.64 bits per heavy atom. The molecule has 1 aliphatic rings. The number of anilines is 1. The van der Waals surface area contributed by atoms with E-state index in [4.69, 9.17) is 4.98 Å². The summed E-state index contributed by atoms with van der Waals surface area (Å²) in [6.45, 7) is 6.16. The van der Waals surface area contributed by atoms with Crippen LogP contribution in [0.2, 0.25) is 0 Å². The van der Waals surface area contributed by atoms with Crippen molar-refractivity contribution in [3.05, 3.63) is 46.3 Å². The molecule has 1 aliphatic heterocycles. The Hall–Kier alpha value is -2.08. The molecule has 152 valence electrons. The van der Waals surface area contributed by atoms with Gasteiger partial charge in [-0.3, -0.25) is 4.99 Å². The molecule has 0 saturated carbocycles. The summed E-state index contributed by atoms with van der Waals surface area (Å²) < 4.78 is 0. The van der Waals surface area contributed by atoms with E-state index in [-0.39, 0.29) is 0 Å². The van der Waals surface area contributed by atoms with Crippen LogP contribution in [-0.2, 0) is 13.0 Å². The minimum absolute atomic E-state index is 0.562. The highest BCUT2D eigenvalue weighted by Crippen LogP contribution is 2.17. The van der Waals surface area contributed by atoms with Crippen molar-refractivity contribution in [3.63, 3.8) is 0 Å². The number of aromatic nitrogens is 1. The van der Waals surface area contributed by atoms with Crippen molar-refractivity contribution in [2.75, 3.05) is 31.6 Å². The molecule has 0 aliphatic carbocycles. The van der Waals surface area contributed by atoms with E-state index in [2.05, 4.69) is 57.1 Å². The highest BCUT2D eigenvalue weighted by Gasteiger charge is 2.11.